The highest BCUT2D eigenvalue weighted by Gasteiger charge is 2.13. The van der Waals surface area contributed by atoms with Crippen LogP contribution in [0.5, 0.6) is 0 Å². The highest BCUT2D eigenvalue weighted by Crippen LogP contribution is 2.31. The summed E-state index contributed by atoms with van der Waals surface area (Å²) in [5.74, 6) is 1.36. The first-order valence-corrected chi connectivity index (χ1v) is 10.2. The molecule has 3 aromatic rings. The van der Waals surface area contributed by atoms with Gasteiger partial charge in [-0.05, 0) is 53.7 Å². The molecule has 0 saturated heterocycles. The van der Waals surface area contributed by atoms with E-state index in [1.165, 1.54) is 18.1 Å². The number of allylic oxidation sites excluding steroid dienone is 1. The normalized spacial score (nSPS) is 13.1. The summed E-state index contributed by atoms with van der Waals surface area (Å²) in [4.78, 5) is 11.7. The van der Waals surface area contributed by atoms with Crippen LogP contribution in [0.15, 0.2) is 75.4 Å². The third-order valence-corrected chi connectivity index (χ3v) is 5.44. The van der Waals surface area contributed by atoms with Crippen LogP contribution in [0.3, 0.4) is 0 Å². The van der Waals surface area contributed by atoms with E-state index in [1.807, 2.05) is 19.1 Å². The van der Waals surface area contributed by atoms with Crippen LogP contribution >= 0.6 is 0 Å². The number of nitrogens with two attached hydrogens (primary N) is 1. The molecule has 4 nitrogen and oxygen atoms in total. The first kappa shape index (κ1) is 19.1. The predicted octanol–water partition coefficient (Wildman–Crippen LogP) is 5.34. The lowest BCUT2D eigenvalue weighted by atomic mass is 9.88. The number of hydrogen-bond donors (Lipinski definition) is 2. The highest BCUT2D eigenvalue weighted by atomic mass is 16.3. The second kappa shape index (κ2) is 8.39. The maximum atomic E-state index is 11.7. The Kier molecular flexibility index (Phi) is 5.52. The maximum absolute atomic E-state index is 11.7. The average molecular weight is 386 g/mol. The zero-order valence-electron chi connectivity index (χ0n) is 16.7. The summed E-state index contributed by atoms with van der Waals surface area (Å²) in [5.41, 5.74) is 13.0. The molecular weight excluding hydrogens is 360 g/mol. The van der Waals surface area contributed by atoms with E-state index < -0.39 is 0 Å². The number of rotatable bonds is 6. The zero-order chi connectivity index (χ0) is 20.2. The molecule has 0 bridgehead atoms. The van der Waals surface area contributed by atoms with Crippen LogP contribution in [0, 0.1) is 0 Å². The van der Waals surface area contributed by atoms with Crippen LogP contribution in [-0.4, -0.2) is 0 Å². The van der Waals surface area contributed by atoms with E-state index in [9.17, 15) is 4.79 Å². The van der Waals surface area contributed by atoms with Gasteiger partial charge in [0.05, 0.1) is 6.54 Å². The quantitative estimate of drug-likeness (QED) is 0.600. The molecule has 0 aliphatic heterocycles. The molecule has 1 aliphatic rings. The molecule has 0 radical (unpaired) electrons. The van der Waals surface area contributed by atoms with Crippen molar-refractivity contribution in [2.24, 2.45) is 5.73 Å². The standard InChI is InChI=1S/C25H26N2O2/c1-2-23-14-22(28)15-24(29-23)16-27-21-12-10-18(11-13-21)17-6-8-20(9-7-17)25(26)19-4-3-5-19/h6-15,27H,2-5,16,26H2,1H3. The SMILES string of the molecule is CCc1cc(=O)cc(CNc2ccc(-c3ccc(C(N)=C4CCC4)cc3)cc2)o1. The van der Waals surface area contributed by atoms with Gasteiger partial charge < -0.3 is 15.5 Å². The van der Waals surface area contributed by atoms with Crippen molar-refractivity contribution < 1.29 is 4.42 Å². The Morgan fingerprint density at radius 3 is 2.17 bits per heavy atom. The number of nitrogens with one attached hydrogen (secondary N) is 1. The van der Waals surface area contributed by atoms with E-state index in [1.54, 1.807) is 6.07 Å². The molecule has 0 atom stereocenters. The Morgan fingerprint density at radius 2 is 1.59 bits per heavy atom. The van der Waals surface area contributed by atoms with Gasteiger partial charge in [-0.15, -0.1) is 0 Å². The first-order chi connectivity index (χ1) is 14.1. The number of hydrogen-bond acceptors (Lipinski definition) is 4. The van der Waals surface area contributed by atoms with Crippen LogP contribution in [0.25, 0.3) is 16.8 Å². The topological polar surface area (TPSA) is 68.3 Å². The lowest BCUT2D eigenvalue weighted by Crippen LogP contribution is -2.07. The molecule has 1 saturated carbocycles. The van der Waals surface area contributed by atoms with Gasteiger partial charge in [0.25, 0.3) is 0 Å². The van der Waals surface area contributed by atoms with Crippen LogP contribution in [-0.2, 0) is 13.0 Å². The van der Waals surface area contributed by atoms with Gasteiger partial charge in [-0.2, -0.15) is 0 Å². The van der Waals surface area contributed by atoms with Gasteiger partial charge in [0.1, 0.15) is 11.5 Å². The van der Waals surface area contributed by atoms with Crippen molar-refractivity contribution >= 4 is 11.4 Å². The fourth-order valence-corrected chi connectivity index (χ4v) is 3.49. The largest absolute Gasteiger partial charge is 0.464 e. The van der Waals surface area contributed by atoms with Gasteiger partial charge in [-0.25, -0.2) is 0 Å². The molecule has 0 amide bonds. The molecule has 1 heterocycles. The van der Waals surface area contributed by atoms with Crippen molar-refractivity contribution in [2.45, 2.75) is 39.2 Å². The van der Waals surface area contributed by atoms with Crippen molar-refractivity contribution in [3.63, 3.8) is 0 Å². The monoisotopic (exact) mass is 386 g/mol. The molecule has 1 aromatic heterocycles. The van der Waals surface area contributed by atoms with E-state index >= 15 is 0 Å². The molecule has 1 aliphatic carbocycles. The summed E-state index contributed by atoms with van der Waals surface area (Å²) in [7, 11) is 0. The molecule has 148 valence electrons. The number of benzene rings is 2. The lowest BCUT2D eigenvalue weighted by Gasteiger charge is -2.19. The van der Waals surface area contributed by atoms with Crippen LogP contribution in [0.1, 0.15) is 43.3 Å². The fourth-order valence-electron chi connectivity index (χ4n) is 3.49. The van der Waals surface area contributed by atoms with Gasteiger partial charge in [0, 0.05) is 29.9 Å². The third-order valence-electron chi connectivity index (χ3n) is 5.44. The zero-order valence-corrected chi connectivity index (χ0v) is 16.7. The summed E-state index contributed by atoms with van der Waals surface area (Å²) in [6, 6.07) is 19.8. The second-order valence-corrected chi connectivity index (χ2v) is 7.46. The van der Waals surface area contributed by atoms with Crippen molar-refractivity contribution in [2.75, 3.05) is 5.32 Å². The fraction of sp³-hybridized carbons (Fsp3) is 0.240. The Bertz CT molecular complexity index is 1070. The van der Waals surface area contributed by atoms with E-state index in [2.05, 4.69) is 41.7 Å². The van der Waals surface area contributed by atoms with E-state index in [0.717, 1.165) is 40.9 Å². The minimum absolute atomic E-state index is 0.0164. The Morgan fingerprint density at radius 1 is 0.966 bits per heavy atom. The van der Waals surface area contributed by atoms with Crippen molar-refractivity contribution in [1.82, 2.24) is 0 Å². The molecule has 4 heteroatoms. The molecule has 2 aromatic carbocycles. The van der Waals surface area contributed by atoms with Gasteiger partial charge >= 0.3 is 0 Å². The second-order valence-electron chi connectivity index (χ2n) is 7.46. The Labute approximate surface area is 171 Å². The third kappa shape index (κ3) is 4.43. The summed E-state index contributed by atoms with van der Waals surface area (Å²) < 4.78 is 5.71. The Hall–Kier alpha value is -3.27. The van der Waals surface area contributed by atoms with Gasteiger partial charge in [-0.1, -0.05) is 43.3 Å². The molecule has 29 heavy (non-hydrogen) atoms. The first-order valence-electron chi connectivity index (χ1n) is 10.2. The smallest absolute Gasteiger partial charge is 0.185 e. The molecular formula is C25H26N2O2. The summed E-state index contributed by atoms with van der Waals surface area (Å²) in [6.45, 7) is 2.45. The van der Waals surface area contributed by atoms with Crippen molar-refractivity contribution in [1.29, 1.82) is 0 Å². The minimum atomic E-state index is -0.0164. The summed E-state index contributed by atoms with van der Waals surface area (Å²) >= 11 is 0. The molecule has 0 spiro atoms. The molecule has 0 unspecified atom stereocenters. The van der Waals surface area contributed by atoms with Crippen LogP contribution in [0.4, 0.5) is 5.69 Å². The summed E-state index contributed by atoms with van der Waals surface area (Å²) in [5, 5.41) is 3.31. The summed E-state index contributed by atoms with van der Waals surface area (Å²) in [6.07, 6.45) is 4.23. The van der Waals surface area contributed by atoms with E-state index in [4.69, 9.17) is 10.2 Å². The number of aryl methyl sites for hydroxylation is 1. The average Bonchev–Trinajstić information content (AvgIpc) is 2.71. The lowest BCUT2D eigenvalue weighted by molar-refractivity contribution is 0.456. The van der Waals surface area contributed by atoms with Gasteiger partial charge in [0.15, 0.2) is 5.43 Å². The van der Waals surface area contributed by atoms with Crippen LogP contribution in [0.2, 0.25) is 0 Å². The maximum Gasteiger partial charge on any atom is 0.185 e. The van der Waals surface area contributed by atoms with Gasteiger partial charge in [-0.3, -0.25) is 4.79 Å². The van der Waals surface area contributed by atoms with Crippen molar-refractivity contribution in [3.05, 3.63) is 93.5 Å². The molecule has 1 fully saturated rings. The molecule has 4 rings (SSSR count). The molecule has 3 N–H and O–H groups in total. The Balaban J connectivity index is 1.42. The van der Waals surface area contributed by atoms with Crippen LogP contribution < -0.4 is 16.5 Å². The van der Waals surface area contributed by atoms with Gasteiger partial charge in [0.2, 0.25) is 0 Å². The number of anilines is 1. The van der Waals surface area contributed by atoms with Crippen molar-refractivity contribution in [3.8, 4) is 11.1 Å². The highest BCUT2D eigenvalue weighted by molar-refractivity contribution is 5.72. The van der Waals surface area contributed by atoms with E-state index in [0.29, 0.717) is 24.5 Å². The predicted molar refractivity (Wildman–Crippen MR) is 119 cm³/mol. The minimum Gasteiger partial charge on any atom is -0.464 e. The van der Waals surface area contributed by atoms with E-state index in [-0.39, 0.29) is 5.43 Å².